The van der Waals surface area contributed by atoms with Crippen molar-refractivity contribution >= 4 is 11.9 Å². The molecule has 2 N–H and O–H groups in total. The van der Waals surface area contributed by atoms with Gasteiger partial charge in [-0.15, -0.1) is 0 Å². The van der Waals surface area contributed by atoms with Crippen LogP contribution < -0.4 is 20.1 Å². The molecule has 7 nitrogen and oxygen atoms in total. The van der Waals surface area contributed by atoms with Crippen molar-refractivity contribution in [1.29, 1.82) is 0 Å². The van der Waals surface area contributed by atoms with Gasteiger partial charge in [-0.05, 0) is 55.0 Å². The molecule has 7 heteroatoms. The lowest BCUT2D eigenvalue weighted by atomic mass is 9.99. The maximum atomic E-state index is 12.6. The molecule has 0 aromatic heterocycles. The molecule has 2 aromatic rings. The van der Waals surface area contributed by atoms with Crippen molar-refractivity contribution in [3.05, 3.63) is 59.2 Å². The Kier molecular flexibility index (Phi) is 7.48. The highest BCUT2D eigenvalue weighted by molar-refractivity contribution is 5.80. The van der Waals surface area contributed by atoms with Gasteiger partial charge in [0.1, 0.15) is 0 Å². The maximum Gasteiger partial charge on any atom is 0.231 e. The molecule has 2 heterocycles. The van der Waals surface area contributed by atoms with Crippen LogP contribution in [0.15, 0.2) is 47.5 Å². The number of carbonyl (C=O) groups is 1. The number of hydrogen-bond donors (Lipinski definition) is 2. The third-order valence-corrected chi connectivity index (χ3v) is 5.79. The Labute approximate surface area is 189 Å². The van der Waals surface area contributed by atoms with E-state index in [1.807, 2.05) is 30.0 Å². The second-order valence-electron chi connectivity index (χ2n) is 8.06. The molecule has 0 spiro atoms. The summed E-state index contributed by atoms with van der Waals surface area (Å²) in [7, 11) is 0. The zero-order chi connectivity index (χ0) is 22.2. The summed E-state index contributed by atoms with van der Waals surface area (Å²) in [5.41, 5.74) is 3.82. The van der Waals surface area contributed by atoms with Gasteiger partial charge in [0.15, 0.2) is 17.5 Å². The van der Waals surface area contributed by atoms with Gasteiger partial charge in [-0.1, -0.05) is 30.3 Å². The lowest BCUT2D eigenvalue weighted by molar-refractivity contribution is -0.132. The van der Waals surface area contributed by atoms with Gasteiger partial charge in [0.25, 0.3) is 0 Å². The number of nitrogens with zero attached hydrogens (tertiary/aromatic N) is 2. The normalized spacial score (nSPS) is 14.8. The summed E-state index contributed by atoms with van der Waals surface area (Å²) in [5.74, 6) is 2.62. The predicted octanol–water partition coefficient (Wildman–Crippen LogP) is 2.88. The molecule has 0 saturated carbocycles. The molecule has 0 unspecified atom stereocenters. The Bertz CT molecular complexity index is 960. The Morgan fingerprint density at radius 1 is 1.09 bits per heavy atom. The van der Waals surface area contributed by atoms with Crippen molar-refractivity contribution in [2.24, 2.45) is 4.99 Å². The standard InChI is InChI=1S/C25H32N4O3/c1-2-26-25(28-14-11-19-9-10-22-23(16-19)32-18-31-22)27-13-5-8-24(30)29-15-12-20-6-3-4-7-21(20)17-29/h3-4,6-7,9-10,16H,2,5,8,11-15,17-18H2,1H3,(H2,26,27,28). The zero-order valence-corrected chi connectivity index (χ0v) is 18.7. The van der Waals surface area contributed by atoms with E-state index in [0.29, 0.717) is 19.8 Å². The summed E-state index contributed by atoms with van der Waals surface area (Å²) >= 11 is 0. The lowest BCUT2D eigenvalue weighted by Gasteiger charge is -2.28. The fraction of sp³-hybridized carbons (Fsp3) is 0.440. The van der Waals surface area contributed by atoms with Gasteiger partial charge < -0.3 is 25.0 Å². The summed E-state index contributed by atoms with van der Waals surface area (Å²) in [5, 5.41) is 6.64. The maximum absolute atomic E-state index is 12.6. The van der Waals surface area contributed by atoms with Crippen LogP contribution in [0, 0.1) is 0 Å². The van der Waals surface area contributed by atoms with E-state index < -0.39 is 0 Å². The fourth-order valence-electron chi connectivity index (χ4n) is 4.05. The van der Waals surface area contributed by atoms with E-state index >= 15 is 0 Å². The van der Waals surface area contributed by atoms with Gasteiger partial charge in [-0.2, -0.15) is 0 Å². The van der Waals surface area contributed by atoms with Crippen molar-refractivity contribution in [2.45, 2.75) is 39.2 Å². The first kappa shape index (κ1) is 22.0. The SMILES string of the molecule is CCNC(=NCCCC(=O)N1CCc2ccccc2C1)NCCc1ccc2c(c1)OCO2. The van der Waals surface area contributed by atoms with Gasteiger partial charge in [-0.25, -0.2) is 0 Å². The first-order chi connectivity index (χ1) is 15.7. The van der Waals surface area contributed by atoms with Crippen LogP contribution in [0.1, 0.15) is 36.5 Å². The van der Waals surface area contributed by atoms with Crippen LogP contribution in [0.3, 0.4) is 0 Å². The van der Waals surface area contributed by atoms with E-state index in [9.17, 15) is 4.79 Å². The number of hydrogen-bond acceptors (Lipinski definition) is 4. The Balaban J connectivity index is 1.19. The van der Waals surface area contributed by atoms with E-state index in [0.717, 1.165) is 62.9 Å². The van der Waals surface area contributed by atoms with Gasteiger partial charge >= 0.3 is 0 Å². The third-order valence-electron chi connectivity index (χ3n) is 5.79. The highest BCUT2D eigenvalue weighted by Gasteiger charge is 2.19. The molecular formula is C25H32N4O3. The monoisotopic (exact) mass is 436 g/mol. The average Bonchev–Trinajstić information content (AvgIpc) is 3.29. The van der Waals surface area contributed by atoms with E-state index in [1.165, 1.54) is 16.7 Å². The molecule has 2 aliphatic rings. The van der Waals surface area contributed by atoms with E-state index in [2.05, 4.69) is 39.9 Å². The van der Waals surface area contributed by atoms with E-state index in [1.54, 1.807) is 0 Å². The van der Waals surface area contributed by atoms with E-state index in [4.69, 9.17) is 9.47 Å². The molecule has 0 fully saturated rings. The van der Waals surface area contributed by atoms with Gasteiger partial charge in [0, 0.05) is 39.1 Å². The fourth-order valence-corrected chi connectivity index (χ4v) is 4.05. The minimum absolute atomic E-state index is 0.218. The molecule has 0 atom stereocenters. The number of carbonyl (C=O) groups excluding carboxylic acids is 1. The zero-order valence-electron chi connectivity index (χ0n) is 18.7. The van der Waals surface area contributed by atoms with Crippen LogP contribution in [-0.2, 0) is 24.2 Å². The first-order valence-electron chi connectivity index (χ1n) is 11.5. The highest BCUT2D eigenvalue weighted by Crippen LogP contribution is 2.32. The number of benzene rings is 2. The summed E-state index contributed by atoms with van der Waals surface area (Å²) in [6, 6.07) is 14.4. The smallest absolute Gasteiger partial charge is 0.231 e. The molecule has 170 valence electrons. The van der Waals surface area contributed by atoms with Crippen LogP contribution in [0.4, 0.5) is 0 Å². The van der Waals surface area contributed by atoms with Crippen molar-refractivity contribution < 1.29 is 14.3 Å². The van der Waals surface area contributed by atoms with E-state index in [-0.39, 0.29) is 5.91 Å². The number of guanidine groups is 1. The number of amides is 1. The van der Waals surface area contributed by atoms with Crippen molar-refractivity contribution in [3.63, 3.8) is 0 Å². The molecule has 2 aliphatic heterocycles. The van der Waals surface area contributed by atoms with Crippen molar-refractivity contribution in [1.82, 2.24) is 15.5 Å². The molecule has 0 aliphatic carbocycles. The van der Waals surface area contributed by atoms with Crippen LogP contribution in [0.2, 0.25) is 0 Å². The van der Waals surface area contributed by atoms with Crippen LogP contribution in [0.5, 0.6) is 11.5 Å². The summed E-state index contributed by atoms with van der Waals surface area (Å²) in [4.78, 5) is 19.2. The molecule has 0 saturated heterocycles. The second-order valence-corrected chi connectivity index (χ2v) is 8.06. The molecule has 0 bridgehead atoms. The topological polar surface area (TPSA) is 75.2 Å². The Morgan fingerprint density at radius 3 is 2.81 bits per heavy atom. The lowest BCUT2D eigenvalue weighted by Crippen LogP contribution is -2.38. The number of aliphatic imine (C=N–C) groups is 1. The van der Waals surface area contributed by atoms with Gasteiger partial charge in [0.05, 0.1) is 0 Å². The average molecular weight is 437 g/mol. The molecule has 4 rings (SSSR count). The largest absolute Gasteiger partial charge is 0.454 e. The summed E-state index contributed by atoms with van der Waals surface area (Å²) in [6.45, 7) is 6.05. The molecule has 32 heavy (non-hydrogen) atoms. The van der Waals surface area contributed by atoms with Crippen molar-refractivity contribution in [3.8, 4) is 11.5 Å². The Morgan fingerprint density at radius 2 is 1.94 bits per heavy atom. The molecule has 1 amide bonds. The molecule has 2 aromatic carbocycles. The minimum Gasteiger partial charge on any atom is -0.454 e. The molecular weight excluding hydrogens is 404 g/mol. The highest BCUT2D eigenvalue weighted by atomic mass is 16.7. The van der Waals surface area contributed by atoms with Crippen LogP contribution >= 0.6 is 0 Å². The van der Waals surface area contributed by atoms with Crippen LogP contribution in [-0.4, -0.2) is 49.7 Å². The van der Waals surface area contributed by atoms with Gasteiger partial charge in [-0.3, -0.25) is 9.79 Å². The van der Waals surface area contributed by atoms with Crippen molar-refractivity contribution in [2.75, 3.05) is 33.0 Å². The number of nitrogens with one attached hydrogen (secondary N) is 2. The number of rotatable bonds is 8. The first-order valence-corrected chi connectivity index (χ1v) is 11.5. The Hall–Kier alpha value is -3.22. The number of fused-ring (bicyclic) bond motifs is 2. The van der Waals surface area contributed by atoms with Crippen LogP contribution in [0.25, 0.3) is 0 Å². The minimum atomic E-state index is 0.218. The third kappa shape index (κ3) is 5.72. The summed E-state index contributed by atoms with van der Waals surface area (Å²) in [6.07, 6.45) is 3.08. The van der Waals surface area contributed by atoms with Gasteiger partial charge in [0.2, 0.25) is 12.7 Å². The molecule has 0 radical (unpaired) electrons. The summed E-state index contributed by atoms with van der Waals surface area (Å²) < 4.78 is 10.8. The predicted molar refractivity (Wildman–Crippen MR) is 125 cm³/mol. The quantitative estimate of drug-likeness (QED) is 0.378. The number of ether oxygens (including phenoxy) is 2. The second kappa shape index (κ2) is 10.9.